The molecule has 2 heteroatoms. The van der Waals surface area contributed by atoms with Crippen molar-refractivity contribution in [3.8, 4) is 0 Å². The summed E-state index contributed by atoms with van der Waals surface area (Å²) in [6, 6.07) is 14.2. The lowest BCUT2D eigenvalue weighted by molar-refractivity contribution is 1.43. The number of aryl methyl sites for hydroxylation is 2. The third-order valence-corrected chi connectivity index (χ3v) is 2.78. The zero-order valence-electron chi connectivity index (χ0n) is 9.42. The zero-order valence-corrected chi connectivity index (χ0v) is 10.2. The van der Waals surface area contributed by atoms with Crippen LogP contribution in [0.15, 0.2) is 42.5 Å². The predicted octanol–water partition coefficient (Wildman–Crippen LogP) is 4.70. The molecule has 0 amide bonds. The first kappa shape index (κ1) is 11.0. The number of rotatable bonds is 2. The molecule has 0 atom stereocenters. The van der Waals surface area contributed by atoms with Gasteiger partial charge in [-0.1, -0.05) is 35.4 Å². The van der Waals surface area contributed by atoms with Gasteiger partial charge < -0.3 is 5.32 Å². The molecular weight excluding hydrogens is 218 g/mol. The van der Waals surface area contributed by atoms with E-state index >= 15 is 0 Å². The minimum atomic E-state index is 0.742. The fraction of sp³-hybridized carbons (Fsp3) is 0.143. The summed E-state index contributed by atoms with van der Waals surface area (Å²) in [5.74, 6) is 0. The molecule has 1 nitrogen and oxygen atoms in total. The molecule has 0 aliphatic carbocycles. The molecule has 0 unspecified atom stereocenters. The molecule has 2 rings (SSSR count). The summed E-state index contributed by atoms with van der Waals surface area (Å²) in [6.45, 7) is 4.13. The molecule has 16 heavy (non-hydrogen) atoms. The van der Waals surface area contributed by atoms with Gasteiger partial charge in [-0.15, -0.1) is 0 Å². The highest BCUT2D eigenvalue weighted by molar-refractivity contribution is 6.33. The van der Waals surface area contributed by atoms with Gasteiger partial charge in [-0.05, 0) is 43.7 Å². The molecule has 0 fully saturated rings. The number of hydrogen-bond acceptors (Lipinski definition) is 1. The quantitative estimate of drug-likeness (QED) is 0.790. The van der Waals surface area contributed by atoms with Crippen LogP contribution in [-0.2, 0) is 0 Å². The van der Waals surface area contributed by atoms with Crippen LogP contribution in [0.25, 0.3) is 0 Å². The van der Waals surface area contributed by atoms with Crippen molar-refractivity contribution >= 4 is 23.0 Å². The standard InChI is InChI=1S/C14H14ClN/c1-10-3-6-12(7-4-10)16-14-9-11(2)5-8-13(14)15/h3-9,16H,1-2H3. The van der Waals surface area contributed by atoms with Crippen molar-refractivity contribution < 1.29 is 0 Å². The van der Waals surface area contributed by atoms with E-state index in [1.54, 1.807) is 0 Å². The summed E-state index contributed by atoms with van der Waals surface area (Å²) < 4.78 is 0. The lowest BCUT2D eigenvalue weighted by Crippen LogP contribution is -1.91. The Bertz CT molecular complexity index is 489. The molecule has 1 N–H and O–H groups in total. The number of anilines is 2. The van der Waals surface area contributed by atoms with Crippen molar-refractivity contribution in [1.29, 1.82) is 0 Å². The molecule has 0 aliphatic heterocycles. The Labute approximate surface area is 101 Å². The fourth-order valence-electron chi connectivity index (χ4n) is 1.53. The average molecular weight is 232 g/mol. The van der Waals surface area contributed by atoms with Crippen LogP contribution < -0.4 is 5.32 Å². The highest BCUT2D eigenvalue weighted by Crippen LogP contribution is 2.26. The third-order valence-electron chi connectivity index (χ3n) is 2.45. The van der Waals surface area contributed by atoms with Gasteiger partial charge in [-0.2, -0.15) is 0 Å². The highest BCUT2D eigenvalue weighted by Gasteiger charge is 2.00. The van der Waals surface area contributed by atoms with E-state index in [1.807, 2.05) is 30.3 Å². The van der Waals surface area contributed by atoms with Crippen LogP contribution in [0.4, 0.5) is 11.4 Å². The molecule has 0 saturated carbocycles. The van der Waals surface area contributed by atoms with E-state index < -0.39 is 0 Å². The van der Waals surface area contributed by atoms with E-state index in [9.17, 15) is 0 Å². The SMILES string of the molecule is Cc1ccc(Nc2cc(C)ccc2Cl)cc1. The summed E-state index contributed by atoms with van der Waals surface area (Å²) in [4.78, 5) is 0. The van der Waals surface area contributed by atoms with Gasteiger partial charge in [0.15, 0.2) is 0 Å². The predicted molar refractivity (Wildman–Crippen MR) is 70.7 cm³/mol. The second-order valence-electron chi connectivity index (χ2n) is 3.97. The minimum Gasteiger partial charge on any atom is -0.354 e. The molecule has 2 aromatic carbocycles. The van der Waals surface area contributed by atoms with Crippen LogP contribution in [-0.4, -0.2) is 0 Å². The van der Waals surface area contributed by atoms with Crippen LogP contribution in [0.5, 0.6) is 0 Å². The smallest absolute Gasteiger partial charge is 0.0641 e. The van der Waals surface area contributed by atoms with E-state index in [4.69, 9.17) is 11.6 Å². The highest BCUT2D eigenvalue weighted by atomic mass is 35.5. The van der Waals surface area contributed by atoms with Crippen LogP contribution in [0.2, 0.25) is 5.02 Å². The average Bonchev–Trinajstić information content (AvgIpc) is 2.27. The van der Waals surface area contributed by atoms with Gasteiger partial charge in [0.25, 0.3) is 0 Å². The summed E-state index contributed by atoms with van der Waals surface area (Å²) in [5, 5.41) is 4.05. The Hall–Kier alpha value is -1.47. The van der Waals surface area contributed by atoms with Crippen LogP contribution in [0.1, 0.15) is 11.1 Å². The number of halogens is 1. The van der Waals surface area contributed by atoms with Crippen molar-refractivity contribution in [2.24, 2.45) is 0 Å². The summed E-state index contributed by atoms with van der Waals surface area (Å²) in [6.07, 6.45) is 0. The van der Waals surface area contributed by atoms with E-state index in [1.165, 1.54) is 11.1 Å². The monoisotopic (exact) mass is 231 g/mol. The zero-order chi connectivity index (χ0) is 11.5. The Morgan fingerprint density at radius 3 is 2.19 bits per heavy atom. The van der Waals surface area contributed by atoms with Gasteiger partial charge >= 0.3 is 0 Å². The molecule has 0 aliphatic rings. The Morgan fingerprint density at radius 2 is 1.50 bits per heavy atom. The lowest BCUT2D eigenvalue weighted by Gasteiger charge is -2.09. The molecule has 0 heterocycles. The number of benzene rings is 2. The normalized spacial score (nSPS) is 10.2. The van der Waals surface area contributed by atoms with Gasteiger partial charge in [0.05, 0.1) is 10.7 Å². The molecule has 2 aromatic rings. The first-order valence-corrected chi connectivity index (χ1v) is 5.63. The molecule has 0 aromatic heterocycles. The first-order chi connectivity index (χ1) is 7.65. The maximum Gasteiger partial charge on any atom is 0.0641 e. The van der Waals surface area contributed by atoms with Gasteiger partial charge in [0.2, 0.25) is 0 Å². The van der Waals surface area contributed by atoms with Crippen LogP contribution >= 0.6 is 11.6 Å². The first-order valence-electron chi connectivity index (χ1n) is 5.25. The topological polar surface area (TPSA) is 12.0 Å². The van der Waals surface area contributed by atoms with Crippen molar-refractivity contribution in [2.45, 2.75) is 13.8 Å². The second-order valence-corrected chi connectivity index (χ2v) is 4.38. The molecular formula is C14H14ClN. The summed E-state index contributed by atoms with van der Waals surface area (Å²) in [5.41, 5.74) is 4.45. The summed E-state index contributed by atoms with van der Waals surface area (Å²) in [7, 11) is 0. The van der Waals surface area contributed by atoms with E-state index in [-0.39, 0.29) is 0 Å². The molecule has 82 valence electrons. The van der Waals surface area contributed by atoms with Crippen molar-refractivity contribution in [2.75, 3.05) is 5.32 Å². The van der Waals surface area contributed by atoms with E-state index in [2.05, 4.69) is 31.3 Å². The Kier molecular flexibility index (Phi) is 3.16. The molecule has 0 radical (unpaired) electrons. The fourth-order valence-corrected chi connectivity index (χ4v) is 1.69. The number of nitrogens with one attached hydrogen (secondary N) is 1. The van der Waals surface area contributed by atoms with Crippen LogP contribution in [0, 0.1) is 13.8 Å². The van der Waals surface area contributed by atoms with E-state index in [0.29, 0.717) is 0 Å². The van der Waals surface area contributed by atoms with E-state index in [0.717, 1.165) is 16.4 Å². The van der Waals surface area contributed by atoms with Gasteiger partial charge in [0, 0.05) is 5.69 Å². The van der Waals surface area contributed by atoms with Gasteiger partial charge in [0.1, 0.15) is 0 Å². The summed E-state index contributed by atoms with van der Waals surface area (Å²) >= 11 is 6.11. The maximum absolute atomic E-state index is 6.11. The molecule has 0 bridgehead atoms. The Morgan fingerprint density at radius 1 is 0.875 bits per heavy atom. The Balaban J connectivity index is 2.26. The van der Waals surface area contributed by atoms with Crippen molar-refractivity contribution in [1.82, 2.24) is 0 Å². The number of hydrogen-bond donors (Lipinski definition) is 1. The van der Waals surface area contributed by atoms with Gasteiger partial charge in [-0.25, -0.2) is 0 Å². The maximum atomic E-state index is 6.11. The largest absolute Gasteiger partial charge is 0.354 e. The minimum absolute atomic E-state index is 0.742. The second kappa shape index (κ2) is 4.58. The molecule has 0 spiro atoms. The van der Waals surface area contributed by atoms with Gasteiger partial charge in [-0.3, -0.25) is 0 Å². The van der Waals surface area contributed by atoms with Crippen LogP contribution in [0.3, 0.4) is 0 Å². The van der Waals surface area contributed by atoms with Crippen molar-refractivity contribution in [3.63, 3.8) is 0 Å². The van der Waals surface area contributed by atoms with Crippen molar-refractivity contribution in [3.05, 3.63) is 58.6 Å². The molecule has 0 saturated heterocycles. The third kappa shape index (κ3) is 2.56. The lowest BCUT2D eigenvalue weighted by atomic mass is 10.2.